The maximum absolute atomic E-state index is 11.6. The summed E-state index contributed by atoms with van der Waals surface area (Å²) in [7, 11) is 0. The Balaban J connectivity index is 2.37. The number of hydrogen-bond acceptors (Lipinski definition) is 3. The van der Waals surface area contributed by atoms with Gasteiger partial charge in [0, 0.05) is 6.54 Å². The molecule has 5 heteroatoms. The van der Waals surface area contributed by atoms with E-state index in [0.29, 0.717) is 18.8 Å². The van der Waals surface area contributed by atoms with Crippen molar-refractivity contribution in [2.75, 3.05) is 6.54 Å². The molecule has 0 aliphatic heterocycles. The average molecular weight is 269 g/mol. The van der Waals surface area contributed by atoms with Crippen LogP contribution in [0.5, 0.6) is 0 Å². The molecule has 0 saturated carbocycles. The number of carbonyl (C=O) groups is 2. The van der Waals surface area contributed by atoms with E-state index in [1.165, 1.54) is 0 Å². The van der Waals surface area contributed by atoms with Crippen molar-refractivity contribution < 1.29 is 14.7 Å². The van der Waals surface area contributed by atoms with Gasteiger partial charge in [0.2, 0.25) is 5.91 Å². The number of carboxylic acid groups (broad SMARTS) is 1. The van der Waals surface area contributed by atoms with Crippen molar-refractivity contribution in [1.82, 2.24) is 5.32 Å². The van der Waals surface area contributed by atoms with Crippen LogP contribution in [-0.2, 0) is 16.0 Å². The first-order valence-corrected chi connectivity index (χ1v) is 6.94. The minimum atomic E-state index is -0.848. The van der Waals surface area contributed by atoms with Crippen LogP contribution in [-0.4, -0.2) is 23.5 Å². The molecular weight excluding hydrogens is 250 g/mol. The number of hydrogen-bond donors (Lipinski definition) is 2. The predicted octanol–water partition coefficient (Wildman–Crippen LogP) is 2.15. The summed E-state index contributed by atoms with van der Waals surface area (Å²) in [5, 5.41) is 15.6. The molecule has 1 aromatic rings. The van der Waals surface area contributed by atoms with Gasteiger partial charge in [0.25, 0.3) is 0 Å². The molecule has 0 spiro atoms. The van der Waals surface area contributed by atoms with E-state index in [0.717, 1.165) is 5.56 Å². The lowest BCUT2D eigenvalue weighted by Gasteiger charge is -2.15. The van der Waals surface area contributed by atoms with Crippen molar-refractivity contribution in [2.24, 2.45) is 11.8 Å². The van der Waals surface area contributed by atoms with Gasteiger partial charge < -0.3 is 10.4 Å². The van der Waals surface area contributed by atoms with Gasteiger partial charge in [0.05, 0.1) is 12.3 Å². The third-order valence-corrected chi connectivity index (χ3v) is 3.33. The standard InChI is InChI=1S/C13H19NO3S/c1-9(2)5-11(13(16)17)7-14-12(15)6-10-3-4-18-8-10/h3-4,8-9,11H,5-7H2,1-2H3,(H,14,15)(H,16,17). The summed E-state index contributed by atoms with van der Waals surface area (Å²) in [6.45, 7) is 4.16. The van der Waals surface area contributed by atoms with Gasteiger partial charge in [-0.25, -0.2) is 0 Å². The molecule has 1 rings (SSSR count). The minimum Gasteiger partial charge on any atom is -0.481 e. The SMILES string of the molecule is CC(C)CC(CNC(=O)Cc1ccsc1)C(=O)O. The van der Waals surface area contributed by atoms with Gasteiger partial charge in [-0.15, -0.1) is 0 Å². The van der Waals surface area contributed by atoms with Crippen LogP contribution in [0.3, 0.4) is 0 Å². The summed E-state index contributed by atoms with van der Waals surface area (Å²) >= 11 is 1.55. The van der Waals surface area contributed by atoms with Crippen LogP contribution in [0, 0.1) is 11.8 Å². The molecule has 2 N–H and O–H groups in total. The molecule has 18 heavy (non-hydrogen) atoms. The topological polar surface area (TPSA) is 66.4 Å². The summed E-state index contributed by atoms with van der Waals surface area (Å²) in [6, 6.07) is 1.90. The molecule has 0 aromatic carbocycles. The second kappa shape index (κ2) is 7.16. The molecular formula is C13H19NO3S. The first kappa shape index (κ1) is 14.7. The summed E-state index contributed by atoms with van der Waals surface area (Å²) in [5.74, 6) is -1.17. The van der Waals surface area contributed by atoms with Crippen molar-refractivity contribution in [2.45, 2.75) is 26.7 Å². The predicted molar refractivity (Wildman–Crippen MR) is 71.6 cm³/mol. The lowest BCUT2D eigenvalue weighted by molar-refractivity contribution is -0.142. The fourth-order valence-corrected chi connectivity index (χ4v) is 2.39. The zero-order chi connectivity index (χ0) is 13.5. The molecule has 0 aliphatic carbocycles. The molecule has 4 nitrogen and oxygen atoms in total. The number of amides is 1. The monoisotopic (exact) mass is 269 g/mol. The molecule has 1 aromatic heterocycles. The van der Waals surface area contributed by atoms with Gasteiger partial charge in [0.1, 0.15) is 0 Å². The molecule has 0 fully saturated rings. The third-order valence-electron chi connectivity index (χ3n) is 2.60. The van der Waals surface area contributed by atoms with Crippen molar-refractivity contribution in [3.8, 4) is 0 Å². The summed E-state index contributed by atoms with van der Waals surface area (Å²) < 4.78 is 0. The van der Waals surface area contributed by atoms with Gasteiger partial charge in [-0.3, -0.25) is 9.59 Å². The smallest absolute Gasteiger partial charge is 0.308 e. The number of rotatable bonds is 7. The number of aliphatic carboxylic acids is 1. The fourth-order valence-electron chi connectivity index (χ4n) is 1.72. The van der Waals surface area contributed by atoms with E-state index in [1.54, 1.807) is 11.3 Å². The molecule has 0 bridgehead atoms. The first-order chi connectivity index (χ1) is 8.49. The Labute approximate surface area is 111 Å². The Morgan fingerprint density at radius 3 is 2.67 bits per heavy atom. The van der Waals surface area contributed by atoms with E-state index in [9.17, 15) is 9.59 Å². The van der Waals surface area contributed by atoms with Crippen molar-refractivity contribution in [1.29, 1.82) is 0 Å². The summed E-state index contributed by atoms with van der Waals surface area (Å²) in [5.41, 5.74) is 0.966. The maximum atomic E-state index is 11.6. The highest BCUT2D eigenvalue weighted by Crippen LogP contribution is 2.11. The Kier molecular flexibility index (Phi) is 5.85. The molecule has 100 valence electrons. The van der Waals surface area contributed by atoms with E-state index >= 15 is 0 Å². The molecule has 1 amide bonds. The Morgan fingerprint density at radius 2 is 2.17 bits per heavy atom. The Hall–Kier alpha value is -1.36. The van der Waals surface area contributed by atoms with E-state index in [1.807, 2.05) is 30.7 Å². The molecule has 0 radical (unpaired) electrons. The van der Waals surface area contributed by atoms with E-state index in [4.69, 9.17) is 5.11 Å². The molecule has 1 heterocycles. The zero-order valence-corrected chi connectivity index (χ0v) is 11.5. The van der Waals surface area contributed by atoms with Crippen molar-refractivity contribution in [3.05, 3.63) is 22.4 Å². The molecule has 0 saturated heterocycles. The number of carbonyl (C=O) groups excluding carboxylic acids is 1. The van der Waals surface area contributed by atoms with Crippen LogP contribution in [0.4, 0.5) is 0 Å². The van der Waals surface area contributed by atoms with Gasteiger partial charge in [-0.1, -0.05) is 13.8 Å². The largest absolute Gasteiger partial charge is 0.481 e. The normalized spacial score (nSPS) is 12.4. The van der Waals surface area contributed by atoms with Crippen LogP contribution >= 0.6 is 11.3 Å². The molecule has 1 unspecified atom stereocenters. The van der Waals surface area contributed by atoms with Gasteiger partial charge in [-0.05, 0) is 34.7 Å². The minimum absolute atomic E-state index is 0.122. The highest BCUT2D eigenvalue weighted by Gasteiger charge is 2.19. The Bertz CT molecular complexity index is 387. The number of thiophene rings is 1. The van der Waals surface area contributed by atoms with Gasteiger partial charge in [-0.2, -0.15) is 11.3 Å². The Morgan fingerprint density at radius 1 is 1.44 bits per heavy atom. The number of carboxylic acids is 1. The molecule has 0 aliphatic rings. The summed E-state index contributed by atoms with van der Waals surface area (Å²) in [4.78, 5) is 22.6. The second-order valence-corrected chi connectivity index (χ2v) is 5.56. The second-order valence-electron chi connectivity index (χ2n) is 4.78. The number of nitrogens with one attached hydrogen (secondary N) is 1. The van der Waals surface area contributed by atoms with Gasteiger partial charge >= 0.3 is 5.97 Å². The van der Waals surface area contributed by atoms with Crippen LogP contribution in [0.1, 0.15) is 25.8 Å². The van der Waals surface area contributed by atoms with E-state index < -0.39 is 11.9 Å². The van der Waals surface area contributed by atoms with Crippen LogP contribution in [0.25, 0.3) is 0 Å². The third kappa shape index (κ3) is 5.31. The van der Waals surface area contributed by atoms with Crippen LogP contribution in [0.2, 0.25) is 0 Å². The lowest BCUT2D eigenvalue weighted by Crippen LogP contribution is -2.34. The van der Waals surface area contributed by atoms with E-state index in [2.05, 4.69) is 5.32 Å². The lowest BCUT2D eigenvalue weighted by atomic mass is 9.97. The van der Waals surface area contributed by atoms with Crippen LogP contribution in [0.15, 0.2) is 16.8 Å². The molecule has 1 atom stereocenters. The van der Waals surface area contributed by atoms with E-state index in [-0.39, 0.29) is 12.5 Å². The maximum Gasteiger partial charge on any atom is 0.308 e. The fraction of sp³-hybridized carbons (Fsp3) is 0.538. The first-order valence-electron chi connectivity index (χ1n) is 5.99. The highest BCUT2D eigenvalue weighted by atomic mass is 32.1. The average Bonchev–Trinajstić information content (AvgIpc) is 2.76. The summed E-state index contributed by atoms with van der Waals surface area (Å²) in [6.07, 6.45) is 0.894. The zero-order valence-electron chi connectivity index (χ0n) is 10.7. The van der Waals surface area contributed by atoms with Crippen LogP contribution < -0.4 is 5.32 Å². The highest BCUT2D eigenvalue weighted by molar-refractivity contribution is 7.07. The van der Waals surface area contributed by atoms with Crippen molar-refractivity contribution >= 4 is 23.2 Å². The van der Waals surface area contributed by atoms with Gasteiger partial charge in [0.15, 0.2) is 0 Å². The van der Waals surface area contributed by atoms with Crippen molar-refractivity contribution in [3.63, 3.8) is 0 Å². The quantitative estimate of drug-likeness (QED) is 0.797.